The highest BCUT2D eigenvalue weighted by atomic mass is 16.6. The average molecular weight is 306 g/mol. The van der Waals surface area contributed by atoms with Gasteiger partial charge in [-0.15, -0.1) is 0 Å². The Morgan fingerprint density at radius 3 is 2.91 bits per heavy atom. The number of fused-ring (bicyclic) bond motifs is 3. The molecule has 4 heteroatoms. The Bertz CT molecular complexity index is 813. The normalized spacial score (nSPS) is 24.7. The minimum atomic E-state index is -0.325. The summed E-state index contributed by atoms with van der Waals surface area (Å²) in [5, 5.41) is 14.7. The number of aryl methyl sites for hydroxylation is 1. The summed E-state index contributed by atoms with van der Waals surface area (Å²) in [7, 11) is 0. The van der Waals surface area contributed by atoms with E-state index in [1.807, 2.05) is 6.07 Å². The summed E-state index contributed by atoms with van der Waals surface area (Å²) < 4.78 is 0. The van der Waals surface area contributed by atoms with Gasteiger partial charge in [0.25, 0.3) is 5.69 Å². The number of hydrogen-bond acceptors (Lipinski definition) is 3. The molecule has 1 N–H and O–H groups in total. The lowest BCUT2D eigenvalue weighted by Gasteiger charge is -2.37. The van der Waals surface area contributed by atoms with Gasteiger partial charge >= 0.3 is 0 Å². The van der Waals surface area contributed by atoms with Crippen molar-refractivity contribution in [3.63, 3.8) is 0 Å². The van der Waals surface area contributed by atoms with Crippen LogP contribution in [-0.4, -0.2) is 4.92 Å². The molecule has 23 heavy (non-hydrogen) atoms. The summed E-state index contributed by atoms with van der Waals surface area (Å²) >= 11 is 0. The van der Waals surface area contributed by atoms with Gasteiger partial charge in [-0.1, -0.05) is 42.0 Å². The van der Waals surface area contributed by atoms with E-state index in [2.05, 4.69) is 42.6 Å². The van der Waals surface area contributed by atoms with E-state index in [0.29, 0.717) is 11.8 Å². The number of nitro groups is 1. The highest BCUT2D eigenvalue weighted by Gasteiger charge is 2.38. The Labute approximate surface area is 135 Å². The number of hydrogen-bond donors (Lipinski definition) is 1. The van der Waals surface area contributed by atoms with Crippen molar-refractivity contribution < 1.29 is 4.92 Å². The number of nitrogens with zero attached hydrogens (tertiary/aromatic N) is 1. The molecule has 116 valence electrons. The smallest absolute Gasteiger partial charge is 0.269 e. The van der Waals surface area contributed by atoms with Crippen molar-refractivity contribution in [3.8, 4) is 0 Å². The first-order valence-corrected chi connectivity index (χ1v) is 7.91. The van der Waals surface area contributed by atoms with Gasteiger partial charge in [-0.05, 0) is 36.5 Å². The average Bonchev–Trinajstić information content (AvgIpc) is 3.04. The topological polar surface area (TPSA) is 55.2 Å². The predicted molar refractivity (Wildman–Crippen MR) is 90.6 cm³/mol. The molecule has 4 nitrogen and oxygen atoms in total. The van der Waals surface area contributed by atoms with Crippen LogP contribution in [0.1, 0.15) is 35.1 Å². The fourth-order valence-corrected chi connectivity index (χ4v) is 3.88. The lowest BCUT2D eigenvalue weighted by atomic mass is 9.76. The quantitative estimate of drug-likeness (QED) is 0.496. The molecule has 1 aliphatic heterocycles. The second-order valence-corrected chi connectivity index (χ2v) is 6.42. The zero-order chi connectivity index (χ0) is 16.0. The summed E-state index contributed by atoms with van der Waals surface area (Å²) in [6.07, 6.45) is 5.52. The lowest BCUT2D eigenvalue weighted by molar-refractivity contribution is -0.384. The van der Waals surface area contributed by atoms with E-state index in [1.54, 1.807) is 18.2 Å². The van der Waals surface area contributed by atoms with Gasteiger partial charge < -0.3 is 5.32 Å². The SMILES string of the molecule is Cc1ccc2c(c1)[C@H]1C=CC[C@H]1[C@H](c1cccc([N+](=O)[O-])c1)N2. The summed E-state index contributed by atoms with van der Waals surface area (Å²) in [5.41, 5.74) is 4.88. The Morgan fingerprint density at radius 1 is 1.22 bits per heavy atom. The van der Waals surface area contributed by atoms with Crippen LogP contribution < -0.4 is 5.32 Å². The first kappa shape index (κ1) is 14.0. The maximum Gasteiger partial charge on any atom is 0.269 e. The van der Waals surface area contributed by atoms with Gasteiger partial charge in [-0.3, -0.25) is 10.1 Å². The minimum absolute atomic E-state index is 0.102. The summed E-state index contributed by atoms with van der Waals surface area (Å²) in [5.74, 6) is 0.793. The fraction of sp³-hybridized carbons (Fsp3) is 0.263. The lowest BCUT2D eigenvalue weighted by Crippen LogP contribution is -2.29. The first-order valence-electron chi connectivity index (χ1n) is 7.91. The third kappa shape index (κ3) is 2.31. The number of benzene rings is 2. The first-order chi connectivity index (χ1) is 11.1. The molecule has 0 saturated heterocycles. The minimum Gasteiger partial charge on any atom is -0.378 e. The molecule has 1 heterocycles. The summed E-state index contributed by atoms with van der Waals surface area (Å²) in [6.45, 7) is 2.11. The van der Waals surface area contributed by atoms with Crippen LogP contribution in [0, 0.1) is 23.0 Å². The van der Waals surface area contributed by atoms with Crippen LogP contribution in [0.5, 0.6) is 0 Å². The number of nitro benzene ring substituents is 1. The molecule has 2 aromatic carbocycles. The monoisotopic (exact) mass is 306 g/mol. The van der Waals surface area contributed by atoms with Crippen LogP contribution >= 0.6 is 0 Å². The molecule has 0 spiro atoms. The molecule has 2 aromatic rings. The van der Waals surface area contributed by atoms with Crippen LogP contribution in [0.25, 0.3) is 0 Å². The van der Waals surface area contributed by atoms with E-state index in [4.69, 9.17) is 0 Å². The largest absolute Gasteiger partial charge is 0.378 e. The van der Waals surface area contributed by atoms with Gasteiger partial charge in [0.15, 0.2) is 0 Å². The van der Waals surface area contributed by atoms with Gasteiger partial charge in [0.2, 0.25) is 0 Å². The zero-order valence-corrected chi connectivity index (χ0v) is 12.9. The van der Waals surface area contributed by atoms with Crippen molar-refractivity contribution in [2.45, 2.75) is 25.3 Å². The molecule has 0 unspecified atom stereocenters. The van der Waals surface area contributed by atoms with Crippen LogP contribution in [0.4, 0.5) is 11.4 Å². The Kier molecular flexibility index (Phi) is 3.18. The number of nitrogens with one attached hydrogen (secondary N) is 1. The van der Waals surface area contributed by atoms with Crippen LogP contribution in [0.3, 0.4) is 0 Å². The fourth-order valence-electron chi connectivity index (χ4n) is 3.88. The number of non-ortho nitro benzene ring substituents is 1. The molecule has 0 bridgehead atoms. The molecule has 2 aliphatic rings. The highest BCUT2D eigenvalue weighted by Crippen LogP contribution is 2.50. The molecule has 4 rings (SSSR count). The Hall–Kier alpha value is -2.62. The second kappa shape index (κ2) is 5.23. The second-order valence-electron chi connectivity index (χ2n) is 6.42. The number of allylic oxidation sites excluding steroid dienone is 2. The standard InChI is InChI=1S/C19H18N2O2/c1-12-8-9-18-17(10-12)15-6-3-7-16(15)19(20-18)13-4-2-5-14(11-13)21(22)23/h2-6,8-11,15-16,19-20H,7H2,1H3/t15-,16+,19-/m0/s1. The third-order valence-electron chi connectivity index (χ3n) is 4.96. The van der Waals surface area contributed by atoms with Crippen molar-refractivity contribution in [1.29, 1.82) is 0 Å². The molecule has 0 saturated carbocycles. The number of anilines is 1. The molecule has 0 aromatic heterocycles. The van der Waals surface area contributed by atoms with Crippen molar-refractivity contribution >= 4 is 11.4 Å². The van der Waals surface area contributed by atoms with Crippen molar-refractivity contribution in [3.05, 3.63) is 81.4 Å². The molecule has 1 aliphatic carbocycles. The van der Waals surface area contributed by atoms with E-state index in [1.165, 1.54) is 11.1 Å². The van der Waals surface area contributed by atoms with Crippen LogP contribution in [0.15, 0.2) is 54.6 Å². The van der Waals surface area contributed by atoms with Crippen molar-refractivity contribution in [1.82, 2.24) is 0 Å². The Balaban J connectivity index is 1.78. The van der Waals surface area contributed by atoms with Gasteiger partial charge in [0.05, 0.1) is 11.0 Å². The van der Waals surface area contributed by atoms with Crippen molar-refractivity contribution in [2.24, 2.45) is 5.92 Å². The summed E-state index contributed by atoms with van der Waals surface area (Å²) in [4.78, 5) is 10.7. The van der Waals surface area contributed by atoms with Gasteiger partial charge in [-0.2, -0.15) is 0 Å². The highest BCUT2D eigenvalue weighted by molar-refractivity contribution is 5.61. The van der Waals surface area contributed by atoms with Gasteiger partial charge in [0, 0.05) is 23.7 Å². The van der Waals surface area contributed by atoms with E-state index in [9.17, 15) is 10.1 Å². The third-order valence-corrected chi connectivity index (χ3v) is 4.96. The zero-order valence-electron chi connectivity index (χ0n) is 12.9. The van der Waals surface area contributed by atoms with E-state index in [-0.39, 0.29) is 16.7 Å². The molecule has 0 amide bonds. The van der Waals surface area contributed by atoms with E-state index >= 15 is 0 Å². The van der Waals surface area contributed by atoms with Crippen LogP contribution in [-0.2, 0) is 0 Å². The van der Waals surface area contributed by atoms with Crippen LogP contribution in [0.2, 0.25) is 0 Å². The molecule has 0 radical (unpaired) electrons. The van der Waals surface area contributed by atoms with E-state index in [0.717, 1.165) is 17.7 Å². The maximum absolute atomic E-state index is 11.1. The van der Waals surface area contributed by atoms with Gasteiger partial charge in [-0.25, -0.2) is 0 Å². The van der Waals surface area contributed by atoms with E-state index < -0.39 is 0 Å². The molecular weight excluding hydrogens is 288 g/mol. The molecule has 0 fully saturated rings. The predicted octanol–water partition coefficient (Wildman–Crippen LogP) is 4.73. The molecule has 3 atom stereocenters. The summed E-state index contributed by atoms with van der Waals surface area (Å²) in [6, 6.07) is 13.6. The Morgan fingerprint density at radius 2 is 2.09 bits per heavy atom. The van der Waals surface area contributed by atoms with Gasteiger partial charge in [0.1, 0.15) is 0 Å². The molecular formula is C19H18N2O2. The maximum atomic E-state index is 11.1. The van der Waals surface area contributed by atoms with Crippen molar-refractivity contribution in [2.75, 3.05) is 5.32 Å². The number of rotatable bonds is 2.